The quantitative estimate of drug-likeness (QED) is 0.824. The number of carbonyl (C=O) groups is 1. The minimum atomic E-state index is -4.66. The van der Waals surface area contributed by atoms with Crippen molar-refractivity contribution in [2.45, 2.75) is 44.0 Å². The number of piperidine rings is 1. The van der Waals surface area contributed by atoms with Gasteiger partial charge in [0.2, 0.25) is 0 Å². The highest BCUT2D eigenvalue weighted by Crippen LogP contribution is 2.39. The number of amides is 2. The molecule has 0 spiro atoms. The van der Waals surface area contributed by atoms with Crippen LogP contribution in [0, 0.1) is 5.92 Å². The van der Waals surface area contributed by atoms with Crippen molar-refractivity contribution in [3.8, 4) is 0 Å². The first-order valence-electron chi connectivity index (χ1n) is 8.14. The number of rotatable bonds is 1. The summed E-state index contributed by atoms with van der Waals surface area (Å²) in [6, 6.07) is 7.38. The van der Waals surface area contributed by atoms with E-state index < -0.39 is 24.6 Å². The Labute approximate surface area is 138 Å². The lowest BCUT2D eigenvalue weighted by Gasteiger charge is -2.39. The molecule has 2 aliphatic rings. The van der Waals surface area contributed by atoms with Crippen LogP contribution in [0.3, 0.4) is 0 Å². The lowest BCUT2D eigenvalue weighted by Crippen LogP contribution is -2.56. The molecule has 0 aromatic heterocycles. The van der Waals surface area contributed by atoms with E-state index >= 15 is 0 Å². The predicted molar refractivity (Wildman–Crippen MR) is 82.4 cm³/mol. The van der Waals surface area contributed by atoms with Crippen molar-refractivity contribution in [2.75, 3.05) is 13.1 Å². The summed E-state index contributed by atoms with van der Waals surface area (Å²) in [6.45, 7) is 1.83. The highest BCUT2D eigenvalue weighted by atomic mass is 19.4. The van der Waals surface area contributed by atoms with Gasteiger partial charge in [0, 0.05) is 25.9 Å². The monoisotopic (exact) mass is 342 g/mol. The van der Waals surface area contributed by atoms with Crippen LogP contribution in [0.25, 0.3) is 0 Å². The lowest BCUT2D eigenvalue weighted by molar-refractivity contribution is -0.271. The van der Waals surface area contributed by atoms with Crippen LogP contribution in [-0.4, -0.2) is 40.9 Å². The molecule has 1 fully saturated rings. The molecule has 3 rings (SSSR count). The van der Waals surface area contributed by atoms with Crippen LogP contribution in [0.4, 0.5) is 18.0 Å². The van der Waals surface area contributed by atoms with Crippen molar-refractivity contribution in [3.05, 3.63) is 35.4 Å². The molecule has 0 saturated carbocycles. The topological polar surface area (TPSA) is 52.6 Å². The molecule has 0 bridgehead atoms. The number of hydrogen-bond acceptors (Lipinski definition) is 2. The Balaban J connectivity index is 1.63. The van der Waals surface area contributed by atoms with Gasteiger partial charge in [0.05, 0.1) is 6.04 Å². The van der Waals surface area contributed by atoms with Gasteiger partial charge in [-0.25, -0.2) is 4.79 Å². The summed E-state index contributed by atoms with van der Waals surface area (Å²) in [7, 11) is 0. The molecular weight excluding hydrogens is 321 g/mol. The maximum atomic E-state index is 12.8. The summed E-state index contributed by atoms with van der Waals surface area (Å²) < 4.78 is 38.5. The fourth-order valence-electron chi connectivity index (χ4n) is 3.60. The van der Waals surface area contributed by atoms with Crippen LogP contribution in [0.5, 0.6) is 0 Å². The number of carbonyl (C=O) groups excluding carboxylic acids is 1. The zero-order valence-electron chi connectivity index (χ0n) is 13.4. The number of nitrogens with one attached hydrogen (secondary N) is 1. The zero-order valence-corrected chi connectivity index (χ0v) is 13.4. The van der Waals surface area contributed by atoms with Crippen molar-refractivity contribution in [3.63, 3.8) is 0 Å². The normalized spacial score (nSPS) is 26.1. The van der Waals surface area contributed by atoms with Crippen molar-refractivity contribution in [1.82, 2.24) is 10.2 Å². The Morgan fingerprint density at radius 2 is 1.92 bits per heavy atom. The molecule has 2 atom stereocenters. The number of nitrogens with zero attached hydrogens (tertiary/aromatic N) is 1. The van der Waals surface area contributed by atoms with Gasteiger partial charge in [-0.3, -0.25) is 0 Å². The fourth-order valence-corrected chi connectivity index (χ4v) is 3.60. The molecule has 1 aliphatic heterocycles. The minimum Gasteiger partial charge on any atom is -0.380 e. The van der Waals surface area contributed by atoms with E-state index in [1.165, 1.54) is 10.5 Å². The lowest BCUT2D eigenvalue weighted by atomic mass is 9.91. The second kappa shape index (κ2) is 5.95. The molecular formula is C17H21F3N2O2. The summed E-state index contributed by atoms with van der Waals surface area (Å²) in [4.78, 5) is 13.8. The van der Waals surface area contributed by atoms with Gasteiger partial charge < -0.3 is 15.3 Å². The van der Waals surface area contributed by atoms with Gasteiger partial charge in [0.1, 0.15) is 0 Å². The molecule has 7 heteroatoms. The van der Waals surface area contributed by atoms with E-state index in [1.54, 1.807) is 0 Å². The zero-order chi connectivity index (χ0) is 17.5. The van der Waals surface area contributed by atoms with Crippen LogP contribution >= 0.6 is 0 Å². The Kier molecular flexibility index (Phi) is 4.23. The van der Waals surface area contributed by atoms with Gasteiger partial charge in [-0.1, -0.05) is 31.2 Å². The smallest absolute Gasteiger partial charge is 0.380 e. The standard InChI is InChI=1S/C17H21F3N2O2/c1-11-10-12-4-2-3-5-13(12)14(11)21-15(23)22-8-6-16(24,7-9-22)17(18,19)20/h2-5,11,14,24H,6-10H2,1H3,(H,21,23)/t11-,14-/m0/s1. The van der Waals surface area contributed by atoms with E-state index in [-0.39, 0.29) is 31.1 Å². The SMILES string of the molecule is C[C@H]1Cc2ccccc2[C@H]1NC(=O)N1CCC(O)(C(F)(F)F)CC1. The van der Waals surface area contributed by atoms with Gasteiger partial charge in [-0.2, -0.15) is 13.2 Å². The number of hydrogen-bond donors (Lipinski definition) is 2. The van der Waals surface area contributed by atoms with Gasteiger partial charge >= 0.3 is 12.2 Å². The van der Waals surface area contributed by atoms with Crippen LogP contribution < -0.4 is 5.32 Å². The maximum Gasteiger partial charge on any atom is 0.417 e. The molecule has 1 aliphatic carbocycles. The number of benzene rings is 1. The third kappa shape index (κ3) is 2.97. The average Bonchev–Trinajstić information content (AvgIpc) is 2.83. The molecule has 24 heavy (non-hydrogen) atoms. The summed E-state index contributed by atoms with van der Waals surface area (Å²) in [5.41, 5.74) is -0.417. The Bertz CT molecular complexity index is 625. The molecule has 1 heterocycles. The number of likely N-dealkylation sites (tertiary alicyclic amines) is 1. The highest BCUT2D eigenvalue weighted by Gasteiger charge is 2.55. The van der Waals surface area contributed by atoms with Crippen molar-refractivity contribution < 1.29 is 23.1 Å². The largest absolute Gasteiger partial charge is 0.417 e. The number of halogens is 3. The summed E-state index contributed by atoms with van der Waals surface area (Å²) in [5.74, 6) is 0.239. The van der Waals surface area contributed by atoms with Crippen molar-refractivity contribution in [2.24, 2.45) is 5.92 Å². The fraction of sp³-hybridized carbons (Fsp3) is 0.588. The number of aliphatic hydroxyl groups is 1. The van der Waals surface area contributed by atoms with Gasteiger partial charge in [0.15, 0.2) is 5.60 Å². The van der Waals surface area contributed by atoms with E-state index in [0.717, 1.165) is 12.0 Å². The number of fused-ring (bicyclic) bond motifs is 1. The van der Waals surface area contributed by atoms with Crippen molar-refractivity contribution in [1.29, 1.82) is 0 Å². The maximum absolute atomic E-state index is 12.8. The van der Waals surface area contributed by atoms with Crippen LogP contribution in [0.15, 0.2) is 24.3 Å². The first-order chi connectivity index (χ1) is 11.2. The first-order valence-corrected chi connectivity index (χ1v) is 8.14. The van der Waals surface area contributed by atoms with E-state index in [9.17, 15) is 23.1 Å². The Hall–Kier alpha value is -1.76. The Morgan fingerprint density at radius 3 is 2.54 bits per heavy atom. The second-order valence-electron chi connectivity index (χ2n) is 6.82. The molecule has 2 amide bonds. The van der Waals surface area contributed by atoms with E-state index in [4.69, 9.17) is 0 Å². The third-order valence-electron chi connectivity index (χ3n) is 5.19. The van der Waals surface area contributed by atoms with Crippen LogP contribution in [-0.2, 0) is 6.42 Å². The van der Waals surface area contributed by atoms with E-state index in [0.29, 0.717) is 0 Å². The summed E-state index contributed by atoms with van der Waals surface area (Å²) >= 11 is 0. The molecule has 2 N–H and O–H groups in total. The number of urea groups is 1. The average molecular weight is 342 g/mol. The van der Waals surface area contributed by atoms with Gasteiger partial charge in [-0.15, -0.1) is 0 Å². The van der Waals surface area contributed by atoms with Gasteiger partial charge in [0.25, 0.3) is 0 Å². The van der Waals surface area contributed by atoms with Crippen LogP contribution in [0.2, 0.25) is 0 Å². The molecule has 4 nitrogen and oxygen atoms in total. The first kappa shape index (κ1) is 17.1. The molecule has 0 radical (unpaired) electrons. The molecule has 132 valence electrons. The molecule has 0 unspecified atom stereocenters. The Morgan fingerprint density at radius 1 is 1.29 bits per heavy atom. The summed E-state index contributed by atoms with van der Waals surface area (Å²) in [6.07, 6.45) is -4.76. The van der Waals surface area contributed by atoms with Crippen molar-refractivity contribution >= 4 is 6.03 Å². The van der Waals surface area contributed by atoms with E-state index in [1.807, 2.05) is 31.2 Å². The molecule has 1 saturated heterocycles. The van der Waals surface area contributed by atoms with E-state index in [2.05, 4.69) is 5.32 Å². The predicted octanol–water partition coefficient (Wildman–Crippen LogP) is 3.02. The summed E-state index contributed by atoms with van der Waals surface area (Å²) in [5, 5.41) is 12.6. The number of alkyl halides is 3. The minimum absolute atomic E-state index is 0.107. The van der Waals surface area contributed by atoms with Gasteiger partial charge in [-0.05, 0) is 23.5 Å². The molecule has 1 aromatic rings. The highest BCUT2D eigenvalue weighted by molar-refractivity contribution is 5.75. The van der Waals surface area contributed by atoms with Crippen LogP contribution in [0.1, 0.15) is 36.9 Å². The second-order valence-corrected chi connectivity index (χ2v) is 6.82. The molecule has 1 aromatic carbocycles. The third-order valence-corrected chi connectivity index (χ3v) is 5.19.